The van der Waals surface area contributed by atoms with Crippen LogP contribution in [-0.4, -0.2) is 17.5 Å². The summed E-state index contributed by atoms with van der Waals surface area (Å²) in [6.45, 7) is 10.3. The molecule has 0 aliphatic rings. The normalized spacial score (nSPS) is 11.5. The molecule has 0 spiro atoms. The van der Waals surface area contributed by atoms with E-state index < -0.39 is 0 Å². The van der Waals surface area contributed by atoms with Crippen LogP contribution in [0.25, 0.3) is 0 Å². The summed E-state index contributed by atoms with van der Waals surface area (Å²) in [5, 5.41) is 3.46. The largest absolute Gasteiger partial charge is 0.468 e. The van der Waals surface area contributed by atoms with Crippen LogP contribution in [0.15, 0.2) is 47.1 Å². The molecular formula is C18H26N2O. The third kappa shape index (κ3) is 5.37. The molecule has 0 bridgehead atoms. The van der Waals surface area contributed by atoms with Gasteiger partial charge in [0.1, 0.15) is 5.76 Å². The summed E-state index contributed by atoms with van der Waals surface area (Å²) in [5.74, 6) is 1.02. The van der Waals surface area contributed by atoms with E-state index in [9.17, 15) is 0 Å². The molecule has 21 heavy (non-hydrogen) atoms. The van der Waals surface area contributed by atoms with Gasteiger partial charge in [0, 0.05) is 19.1 Å². The van der Waals surface area contributed by atoms with Crippen LogP contribution in [0.4, 0.5) is 0 Å². The van der Waals surface area contributed by atoms with Crippen LogP contribution >= 0.6 is 0 Å². The predicted molar refractivity (Wildman–Crippen MR) is 86.9 cm³/mol. The van der Waals surface area contributed by atoms with Gasteiger partial charge in [-0.3, -0.25) is 4.90 Å². The van der Waals surface area contributed by atoms with Gasteiger partial charge in [-0.15, -0.1) is 0 Å². The van der Waals surface area contributed by atoms with Gasteiger partial charge in [-0.2, -0.15) is 0 Å². The van der Waals surface area contributed by atoms with Crippen molar-refractivity contribution in [1.29, 1.82) is 0 Å². The van der Waals surface area contributed by atoms with E-state index in [-0.39, 0.29) is 0 Å². The second-order valence-corrected chi connectivity index (χ2v) is 5.74. The zero-order chi connectivity index (χ0) is 15.1. The molecule has 3 nitrogen and oxygen atoms in total. The van der Waals surface area contributed by atoms with Gasteiger partial charge in [-0.25, -0.2) is 0 Å². The topological polar surface area (TPSA) is 28.4 Å². The quantitative estimate of drug-likeness (QED) is 0.800. The van der Waals surface area contributed by atoms with Crippen LogP contribution in [0.5, 0.6) is 0 Å². The van der Waals surface area contributed by atoms with Crippen molar-refractivity contribution in [1.82, 2.24) is 10.2 Å². The van der Waals surface area contributed by atoms with E-state index in [0.29, 0.717) is 6.04 Å². The van der Waals surface area contributed by atoms with Gasteiger partial charge >= 0.3 is 0 Å². The fourth-order valence-electron chi connectivity index (χ4n) is 2.32. The molecule has 3 heteroatoms. The number of benzene rings is 1. The molecule has 1 N–H and O–H groups in total. The number of nitrogens with zero attached hydrogens (tertiary/aromatic N) is 1. The summed E-state index contributed by atoms with van der Waals surface area (Å²) in [4.78, 5) is 2.38. The number of nitrogens with one attached hydrogen (secondary N) is 1. The van der Waals surface area contributed by atoms with Crippen LogP contribution in [0, 0.1) is 0 Å². The minimum Gasteiger partial charge on any atom is -0.468 e. The molecule has 2 aromatic rings. The molecule has 2 rings (SSSR count). The second-order valence-electron chi connectivity index (χ2n) is 5.74. The molecule has 0 atom stereocenters. The Labute approximate surface area is 128 Å². The average molecular weight is 286 g/mol. The van der Waals surface area contributed by atoms with E-state index >= 15 is 0 Å². The Morgan fingerprint density at radius 3 is 2.57 bits per heavy atom. The Morgan fingerprint density at radius 1 is 1.10 bits per heavy atom. The first kappa shape index (κ1) is 15.8. The van der Waals surface area contributed by atoms with Crippen LogP contribution in [0.3, 0.4) is 0 Å². The van der Waals surface area contributed by atoms with Gasteiger partial charge in [-0.1, -0.05) is 45.0 Å². The van der Waals surface area contributed by atoms with E-state index in [1.807, 2.05) is 12.1 Å². The van der Waals surface area contributed by atoms with E-state index in [0.717, 1.165) is 31.9 Å². The zero-order valence-electron chi connectivity index (χ0n) is 13.3. The Bertz CT molecular complexity index is 520. The van der Waals surface area contributed by atoms with Crippen molar-refractivity contribution in [2.75, 3.05) is 6.54 Å². The van der Waals surface area contributed by atoms with Crippen molar-refractivity contribution in [3.8, 4) is 0 Å². The Balaban J connectivity index is 1.95. The van der Waals surface area contributed by atoms with Crippen LogP contribution in [0.1, 0.15) is 37.7 Å². The van der Waals surface area contributed by atoms with Gasteiger partial charge in [0.15, 0.2) is 0 Å². The van der Waals surface area contributed by atoms with Crippen molar-refractivity contribution < 1.29 is 4.42 Å². The summed E-state index contributed by atoms with van der Waals surface area (Å²) >= 11 is 0. The maximum absolute atomic E-state index is 5.44. The SMILES string of the molecule is CCN(Cc1cccc(CNC(C)C)c1)Cc1ccco1. The van der Waals surface area contributed by atoms with Gasteiger partial charge in [0.05, 0.1) is 12.8 Å². The van der Waals surface area contributed by atoms with Crippen molar-refractivity contribution in [2.45, 2.75) is 46.4 Å². The Hall–Kier alpha value is -1.58. The molecule has 0 amide bonds. The molecule has 0 radical (unpaired) electrons. The average Bonchev–Trinajstić information content (AvgIpc) is 2.98. The van der Waals surface area contributed by atoms with E-state index in [4.69, 9.17) is 4.42 Å². The third-order valence-electron chi connectivity index (χ3n) is 3.52. The second kappa shape index (κ2) is 8.01. The Kier molecular flexibility index (Phi) is 6.03. The highest BCUT2D eigenvalue weighted by molar-refractivity contribution is 5.23. The smallest absolute Gasteiger partial charge is 0.117 e. The van der Waals surface area contributed by atoms with E-state index in [1.54, 1.807) is 6.26 Å². The number of furan rings is 1. The molecule has 114 valence electrons. The number of rotatable bonds is 8. The minimum absolute atomic E-state index is 0.514. The van der Waals surface area contributed by atoms with Gasteiger partial charge in [-0.05, 0) is 29.8 Å². The number of hydrogen-bond donors (Lipinski definition) is 1. The van der Waals surface area contributed by atoms with E-state index in [1.165, 1.54) is 11.1 Å². The zero-order valence-corrected chi connectivity index (χ0v) is 13.3. The van der Waals surface area contributed by atoms with Crippen LogP contribution < -0.4 is 5.32 Å². The van der Waals surface area contributed by atoms with Crippen LogP contribution in [0.2, 0.25) is 0 Å². The molecule has 0 fully saturated rings. The highest BCUT2D eigenvalue weighted by atomic mass is 16.3. The summed E-state index contributed by atoms with van der Waals surface area (Å²) in [7, 11) is 0. The fourth-order valence-corrected chi connectivity index (χ4v) is 2.32. The summed E-state index contributed by atoms with van der Waals surface area (Å²) in [5.41, 5.74) is 2.70. The van der Waals surface area contributed by atoms with E-state index in [2.05, 4.69) is 55.3 Å². The third-order valence-corrected chi connectivity index (χ3v) is 3.52. The Morgan fingerprint density at radius 2 is 1.90 bits per heavy atom. The predicted octanol–water partition coefficient (Wildman–Crippen LogP) is 3.80. The molecular weight excluding hydrogens is 260 g/mol. The highest BCUT2D eigenvalue weighted by Gasteiger charge is 2.07. The minimum atomic E-state index is 0.514. The molecule has 1 aromatic heterocycles. The maximum Gasteiger partial charge on any atom is 0.117 e. The summed E-state index contributed by atoms with van der Waals surface area (Å²) in [6, 6.07) is 13.3. The van der Waals surface area contributed by atoms with Gasteiger partial charge < -0.3 is 9.73 Å². The number of hydrogen-bond acceptors (Lipinski definition) is 3. The molecule has 0 unspecified atom stereocenters. The first-order valence-corrected chi connectivity index (χ1v) is 7.73. The van der Waals surface area contributed by atoms with Crippen LogP contribution in [-0.2, 0) is 19.6 Å². The van der Waals surface area contributed by atoms with Crippen molar-refractivity contribution in [3.05, 3.63) is 59.5 Å². The van der Waals surface area contributed by atoms with Gasteiger partial charge in [0.2, 0.25) is 0 Å². The molecule has 1 aromatic carbocycles. The summed E-state index contributed by atoms with van der Waals surface area (Å²) in [6.07, 6.45) is 1.74. The maximum atomic E-state index is 5.44. The molecule has 0 aliphatic heterocycles. The van der Waals surface area contributed by atoms with Gasteiger partial charge in [0.25, 0.3) is 0 Å². The fraction of sp³-hybridized carbons (Fsp3) is 0.444. The summed E-state index contributed by atoms with van der Waals surface area (Å²) < 4.78 is 5.44. The highest BCUT2D eigenvalue weighted by Crippen LogP contribution is 2.12. The standard InChI is InChI=1S/C18H26N2O/c1-4-20(14-18-9-6-10-21-18)13-17-8-5-7-16(11-17)12-19-15(2)3/h5-11,15,19H,4,12-14H2,1-3H3. The monoisotopic (exact) mass is 286 g/mol. The molecule has 0 aliphatic carbocycles. The van der Waals surface area contributed by atoms with Crippen molar-refractivity contribution in [3.63, 3.8) is 0 Å². The first-order valence-electron chi connectivity index (χ1n) is 7.73. The molecule has 0 saturated heterocycles. The lowest BCUT2D eigenvalue weighted by atomic mass is 10.1. The lowest BCUT2D eigenvalue weighted by Gasteiger charge is -2.19. The first-order chi connectivity index (χ1) is 10.2. The lowest BCUT2D eigenvalue weighted by Crippen LogP contribution is -2.23. The lowest BCUT2D eigenvalue weighted by molar-refractivity contribution is 0.248. The van der Waals surface area contributed by atoms with Crippen molar-refractivity contribution >= 4 is 0 Å². The van der Waals surface area contributed by atoms with Crippen molar-refractivity contribution in [2.24, 2.45) is 0 Å². The molecule has 0 saturated carbocycles. The molecule has 1 heterocycles.